The van der Waals surface area contributed by atoms with Gasteiger partial charge in [0.05, 0.1) is 37.1 Å². The molecule has 2 aliphatic heterocycles. The van der Waals surface area contributed by atoms with E-state index in [9.17, 15) is 4.57 Å². The van der Waals surface area contributed by atoms with Crippen LogP contribution in [-0.2, 0) is 32.6 Å². The molecule has 0 aromatic carbocycles. The largest absolute Gasteiger partial charge is 0.389 e. The van der Waals surface area contributed by atoms with E-state index in [1.165, 1.54) is 7.11 Å². The highest BCUT2D eigenvalue weighted by Gasteiger charge is 2.41. The predicted octanol–water partition coefficient (Wildman–Crippen LogP) is 3.15. The standard InChI is InChI=1S/C17H32BO7PS/c1-11(2)22-9-15-14(8-17(18)24-15)25-26(19,20-5)27-10-16-13(6-7-21-16)23-12(3)4/h11-17H,6-10H2,1-5H3/t13?,14?,15-,16-,17-,26?/m1/s1. The maximum atomic E-state index is 13.1. The van der Waals surface area contributed by atoms with E-state index in [2.05, 4.69) is 0 Å². The third kappa shape index (κ3) is 7.63. The Bertz CT molecular complexity index is 496. The molecule has 0 bridgehead atoms. The first-order chi connectivity index (χ1) is 12.7. The Morgan fingerprint density at radius 2 is 1.93 bits per heavy atom. The van der Waals surface area contributed by atoms with Crippen LogP contribution in [0.3, 0.4) is 0 Å². The van der Waals surface area contributed by atoms with Gasteiger partial charge in [0.15, 0.2) is 0 Å². The zero-order valence-corrected chi connectivity index (χ0v) is 18.6. The zero-order chi connectivity index (χ0) is 20.0. The first kappa shape index (κ1) is 23.7. The van der Waals surface area contributed by atoms with Crippen molar-refractivity contribution in [3.8, 4) is 0 Å². The molecule has 0 saturated carbocycles. The summed E-state index contributed by atoms with van der Waals surface area (Å²) in [6.45, 7) is 5.46. The van der Waals surface area contributed by atoms with Crippen LogP contribution in [-0.4, -0.2) is 76.5 Å². The number of hydrogen-bond acceptors (Lipinski definition) is 8. The minimum Gasteiger partial charge on any atom is -0.380 e. The highest BCUT2D eigenvalue weighted by atomic mass is 32.7. The van der Waals surface area contributed by atoms with Crippen LogP contribution in [0.25, 0.3) is 0 Å². The van der Waals surface area contributed by atoms with Crippen molar-refractivity contribution in [2.75, 3.05) is 26.1 Å². The van der Waals surface area contributed by atoms with Crippen LogP contribution < -0.4 is 0 Å². The predicted molar refractivity (Wildman–Crippen MR) is 106 cm³/mol. The summed E-state index contributed by atoms with van der Waals surface area (Å²) in [5.74, 6) is 0.468. The SMILES string of the molecule is [B][C@H]1CC(OP(=O)(OC)SC[C@H]2OCCC2OC(C)C)[C@@H](COC(C)C)O1. The fourth-order valence-electron chi connectivity index (χ4n) is 3.04. The van der Waals surface area contributed by atoms with Gasteiger partial charge in [-0.1, -0.05) is 0 Å². The second-order valence-electron chi connectivity index (χ2n) is 7.32. The highest BCUT2D eigenvalue weighted by Crippen LogP contribution is 2.62. The molecule has 0 spiro atoms. The van der Waals surface area contributed by atoms with E-state index in [-0.39, 0.29) is 30.5 Å². The Morgan fingerprint density at radius 3 is 2.56 bits per heavy atom. The van der Waals surface area contributed by atoms with Crippen LogP contribution in [0.1, 0.15) is 40.5 Å². The van der Waals surface area contributed by atoms with Crippen LogP contribution in [0.15, 0.2) is 0 Å². The molecule has 3 unspecified atom stereocenters. The van der Waals surface area contributed by atoms with Crippen LogP contribution in [0.5, 0.6) is 0 Å². The second-order valence-corrected chi connectivity index (χ2v) is 11.5. The lowest BCUT2D eigenvalue weighted by Crippen LogP contribution is -2.30. The molecule has 2 radical (unpaired) electrons. The maximum absolute atomic E-state index is 13.1. The Morgan fingerprint density at radius 1 is 1.19 bits per heavy atom. The van der Waals surface area contributed by atoms with Gasteiger partial charge in [0.25, 0.3) is 0 Å². The van der Waals surface area contributed by atoms with Crippen LogP contribution in [0, 0.1) is 0 Å². The van der Waals surface area contributed by atoms with Gasteiger partial charge < -0.3 is 23.5 Å². The van der Waals surface area contributed by atoms with Gasteiger partial charge in [-0.25, -0.2) is 4.57 Å². The lowest BCUT2D eigenvalue weighted by Gasteiger charge is -2.26. The van der Waals surface area contributed by atoms with Crippen molar-refractivity contribution >= 4 is 26.0 Å². The molecule has 0 amide bonds. The molecule has 27 heavy (non-hydrogen) atoms. The quantitative estimate of drug-likeness (QED) is 0.372. The van der Waals surface area contributed by atoms with E-state index in [1.807, 2.05) is 27.7 Å². The summed E-state index contributed by atoms with van der Waals surface area (Å²) in [5, 5.41) is 0. The second kappa shape index (κ2) is 11.0. The van der Waals surface area contributed by atoms with E-state index in [4.69, 9.17) is 35.8 Å². The molecule has 0 aliphatic carbocycles. The molecule has 2 aliphatic rings. The molecule has 2 fully saturated rings. The van der Waals surface area contributed by atoms with Crippen LogP contribution in [0.2, 0.25) is 0 Å². The van der Waals surface area contributed by atoms with Gasteiger partial charge in [0, 0.05) is 25.5 Å². The minimum absolute atomic E-state index is 0.00164. The highest BCUT2D eigenvalue weighted by molar-refractivity contribution is 8.55. The fraction of sp³-hybridized carbons (Fsp3) is 1.00. The van der Waals surface area contributed by atoms with Gasteiger partial charge >= 0.3 is 6.80 Å². The van der Waals surface area contributed by atoms with Crippen molar-refractivity contribution in [1.82, 2.24) is 0 Å². The number of rotatable bonds is 11. The molecule has 0 aromatic heterocycles. The normalized spacial score (nSPS) is 33.8. The van der Waals surface area contributed by atoms with Gasteiger partial charge in [-0.3, -0.25) is 4.52 Å². The monoisotopic (exact) mass is 422 g/mol. The summed E-state index contributed by atoms with van der Waals surface area (Å²) >= 11 is 1.14. The van der Waals surface area contributed by atoms with Crippen molar-refractivity contribution in [2.24, 2.45) is 0 Å². The number of hydrogen-bond donors (Lipinski definition) is 0. The average molecular weight is 422 g/mol. The Labute approximate surface area is 168 Å². The van der Waals surface area contributed by atoms with Crippen molar-refractivity contribution in [3.63, 3.8) is 0 Å². The molecule has 2 rings (SSSR count). The first-order valence-electron chi connectivity index (χ1n) is 9.51. The van der Waals surface area contributed by atoms with Crippen LogP contribution in [0.4, 0.5) is 0 Å². The maximum Gasteiger partial charge on any atom is 0.389 e. The third-order valence-corrected chi connectivity index (χ3v) is 8.17. The van der Waals surface area contributed by atoms with Crippen molar-refractivity contribution in [3.05, 3.63) is 0 Å². The van der Waals surface area contributed by atoms with Gasteiger partial charge in [0.2, 0.25) is 0 Å². The van der Waals surface area contributed by atoms with Crippen molar-refractivity contribution in [1.29, 1.82) is 0 Å². The Kier molecular flexibility index (Phi) is 9.63. The van der Waals surface area contributed by atoms with E-state index >= 15 is 0 Å². The summed E-state index contributed by atoms with van der Waals surface area (Å²) in [6, 6.07) is -0.465. The molecule has 7 nitrogen and oxygen atoms in total. The average Bonchev–Trinajstić information content (AvgIpc) is 3.16. The molecular weight excluding hydrogens is 390 g/mol. The smallest absolute Gasteiger partial charge is 0.380 e. The summed E-state index contributed by atoms with van der Waals surface area (Å²) < 4.78 is 47.1. The lowest BCUT2D eigenvalue weighted by atomic mass is 9.96. The molecule has 10 heteroatoms. The van der Waals surface area contributed by atoms with E-state index in [0.717, 1.165) is 17.8 Å². The van der Waals surface area contributed by atoms with E-state index in [1.54, 1.807) is 0 Å². The Balaban J connectivity index is 1.90. The topological polar surface area (TPSA) is 72.5 Å². The molecule has 0 aromatic rings. The fourth-order valence-corrected chi connectivity index (χ4v) is 6.30. The van der Waals surface area contributed by atoms with Gasteiger partial charge in [-0.05, 0) is 51.9 Å². The Hall–Kier alpha value is 0.405. The van der Waals surface area contributed by atoms with Gasteiger partial charge in [-0.2, -0.15) is 0 Å². The summed E-state index contributed by atoms with van der Waals surface area (Å²) in [7, 11) is 7.28. The third-order valence-electron chi connectivity index (χ3n) is 4.30. The van der Waals surface area contributed by atoms with E-state index in [0.29, 0.717) is 25.4 Å². The van der Waals surface area contributed by atoms with Gasteiger partial charge in [-0.15, -0.1) is 0 Å². The molecule has 2 heterocycles. The molecule has 2 saturated heterocycles. The van der Waals surface area contributed by atoms with Crippen molar-refractivity contribution in [2.45, 2.75) is 83.2 Å². The first-order valence-corrected chi connectivity index (χ1v) is 12.6. The summed E-state index contributed by atoms with van der Waals surface area (Å²) in [4.78, 5) is 0. The molecule has 0 N–H and O–H groups in total. The summed E-state index contributed by atoms with van der Waals surface area (Å²) in [5.41, 5.74) is 0. The lowest BCUT2D eigenvalue weighted by molar-refractivity contribution is -0.0426. The molecule has 156 valence electrons. The zero-order valence-electron chi connectivity index (χ0n) is 16.9. The number of ether oxygens (including phenoxy) is 4. The van der Waals surface area contributed by atoms with Crippen molar-refractivity contribution < 1.29 is 32.6 Å². The summed E-state index contributed by atoms with van der Waals surface area (Å²) in [6.07, 6.45) is 0.515. The van der Waals surface area contributed by atoms with E-state index < -0.39 is 18.9 Å². The minimum atomic E-state index is -3.38. The van der Waals surface area contributed by atoms with Gasteiger partial charge in [0.1, 0.15) is 14.0 Å². The molecular formula is C17H32BO7PS. The molecule has 6 atom stereocenters. The van der Waals surface area contributed by atoms with Crippen LogP contribution >= 0.6 is 18.2 Å².